The molecule has 0 bridgehead atoms. The van der Waals surface area contributed by atoms with Crippen LogP contribution in [0.25, 0.3) is 5.70 Å². The van der Waals surface area contributed by atoms with Crippen molar-refractivity contribution in [1.29, 1.82) is 0 Å². The first-order valence-electron chi connectivity index (χ1n) is 8.01. The van der Waals surface area contributed by atoms with Gasteiger partial charge < -0.3 is 14.8 Å². The highest BCUT2D eigenvalue weighted by Gasteiger charge is 2.30. The maximum Gasteiger partial charge on any atom is 0.416 e. The van der Waals surface area contributed by atoms with Gasteiger partial charge in [0.05, 0.1) is 25.5 Å². The van der Waals surface area contributed by atoms with Crippen molar-refractivity contribution in [2.24, 2.45) is 0 Å². The lowest BCUT2D eigenvalue weighted by atomic mass is 10.1. The lowest BCUT2D eigenvalue weighted by Gasteiger charge is -2.14. The molecule has 0 radical (unpaired) electrons. The molecule has 0 aliphatic heterocycles. The van der Waals surface area contributed by atoms with Gasteiger partial charge in [-0.3, -0.25) is 15.1 Å². The van der Waals surface area contributed by atoms with Crippen molar-refractivity contribution in [2.75, 3.05) is 26.1 Å². The normalized spacial score (nSPS) is 10.9. The monoisotopic (exact) mass is 396 g/mol. The number of methoxy groups -OCH3 is 2. The summed E-state index contributed by atoms with van der Waals surface area (Å²) < 4.78 is 48.4. The van der Waals surface area contributed by atoms with E-state index in [1.807, 2.05) is 0 Å². The third kappa shape index (κ3) is 5.65. The molecule has 2 aromatic rings. The van der Waals surface area contributed by atoms with Gasteiger partial charge in [0.15, 0.2) is 6.61 Å². The van der Waals surface area contributed by atoms with E-state index in [-0.39, 0.29) is 5.69 Å². The van der Waals surface area contributed by atoms with Gasteiger partial charge >= 0.3 is 6.18 Å². The molecule has 0 unspecified atom stereocenters. The van der Waals surface area contributed by atoms with Crippen molar-refractivity contribution in [3.05, 3.63) is 60.2 Å². The number of ether oxygens (including phenoxy) is 2. The van der Waals surface area contributed by atoms with Gasteiger partial charge in [-0.15, -0.1) is 0 Å². The third-order valence-corrected chi connectivity index (χ3v) is 3.61. The van der Waals surface area contributed by atoms with E-state index < -0.39 is 24.3 Å². The van der Waals surface area contributed by atoms with E-state index in [0.717, 1.165) is 12.1 Å². The SMILES string of the molecule is C=C(NOCC(=O)Nc1cccc(C(F)(F)F)c1)c1ccc(OC)cc1OC. The van der Waals surface area contributed by atoms with E-state index in [0.29, 0.717) is 22.8 Å². The topological polar surface area (TPSA) is 68.8 Å². The minimum absolute atomic E-state index is 0.0130. The predicted molar refractivity (Wildman–Crippen MR) is 97.7 cm³/mol. The molecular weight excluding hydrogens is 377 g/mol. The maximum absolute atomic E-state index is 12.7. The minimum Gasteiger partial charge on any atom is -0.497 e. The zero-order valence-corrected chi connectivity index (χ0v) is 15.2. The first-order chi connectivity index (χ1) is 13.2. The fourth-order valence-corrected chi connectivity index (χ4v) is 2.26. The molecule has 2 aromatic carbocycles. The largest absolute Gasteiger partial charge is 0.497 e. The molecule has 0 fully saturated rings. The predicted octanol–water partition coefficient (Wildman–Crippen LogP) is 3.85. The number of benzene rings is 2. The number of carbonyl (C=O) groups excluding carboxylic acids is 1. The summed E-state index contributed by atoms with van der Waals surface area (Å²) in [6.07, 6.45) is -4.49. The molecule has 2 rings (SSSR count). The summed E-state index contributed by atoms with van der Waals surface area (Å²) in [4.78, 5) is 16.9. The zero-order valence-electron chi connectivity index (χ0n) is 15.2. The van der Waals surface area contributed by atoms with Crippen molar-refractivity contribution in [1.82, 2.24) is 5.48 Å². The number of halogens is 3. The first-order valence-corrected chi connectivity index (χ1v) is 8.01. The lowest BCUT2D eigenvalue weighted by molar-refractivity contribution is -0.137. The van der Waals surface area contributed by atoms with Crippen LogP contribution in [0.15, 0.2) is 49.0 Å². The van der Waals surface area contributed by atoms with Gasteiger partial charge in [-0.1, -0.05) is 12.6 Å². The van der Waals surface area contributed by atoms with E-state index >= 15 is 0 Å². The summed E-state index contributed by atoms with van der Waals surface area (Å²) in [5, 5.41) is 2.33. The Kier molecular flexibility index (Phi) is 6.89. The average molecular weight is 396 g/mol. The molecule has 150 valence electrons. The number of rotatable bonds is 8. The van der Waals surface area contributed by atoms with E-state index in [9.17, 15) is 18.0 Å². The molecule has 2 N–H and O–H groups in total. The maximum atomic E-state index is 12.7. The molecule has 9 heteroatoms. The van der Waals surface area contributed by atoms with Gasteiger partial charge in [-0.2, -0.15) is 13.2 Å². The molecule has 0 heterocycles. The minimum atomic E-state index is -4.49. The Morgan fingerprint density at radius 3 is 2.50 bits per heavy atom. The van der Waals surface area contributed by atoms with Crippen molar-refractivity contribution in [3.63, 3.8) is 0 Å². The standard InChI is InChI=1S/C19H19F3N2O4/c1-12(16-8-7-15(26-2)10-17(16)27-3)24-28-11-18(25)23-14-6-4-5-13(9-14)19(20,21)22/h4-10,24H,1,11H2,2-3H3,(H,23,25). The third-order valence-electron chi connectivity index (χ3n) is 3.61. The van der Waals surface area contributed by atoms with E-state index in [2.05, 4.69) is 17.4 Å². The van der Waals surface area contributed by atoms with Crippen LogP contribution in [0.4, 0.5) is 18.9 Å². The Morgan fingerprint density at radius 2 is 1.86 bits per heavy atom. The second kappa shape index (κ2) is 9.14. The molecule has 0 atom stereocenters. The first kappa shape index (κ1) is 21.1. The fourth-order valence-electron chi connectivity index (χ4n) is 2.26. The highest BCUT2D eigenvalue weighted by atomic mass is 19.4. The van der Waals surface area contributed by atoms with Gasteiger partial charge in [-0.05, 0) is 30.3 Å². The summed E-state index contributed by atoms with van der Waals surface area (Å²) in [5.74, 6) is 0.435. The second-order valence-electron chi connectivity index (χ2n) is 5.56. The number of alkyl halides is 3. The van der Waals surface area contributed by atoms with Crippen LogP contribution in [0, 0.1) is 0 Å². The van der Waals surface area contributed by atoms with Crippen molar-refractivity contribution >= 4 is 17.3 Å². The number of hydroxylamine groups is 1. The Balaban J connectivity index is 1.90. The smallest absolute Gasteiger partial charge is 0.416 e. The highest BCUT2D eigenvalue weighted by Crippen LogP contribution is 2.31. The van der Waals surface area contributed by atoms with Crippen LogP contribution >= 0.6 is 0 Å². The Labute approximate surface area is 159 Å². The number of carbonyl (C=O) groups is 1. The molecule has 0 aliphatic rings. The van der Waals surface area contributed by atoms with E-state index in [1.54, 1.807) is 18.2 Å². The molecule has 0 saturated carbocycles. The van der Waals surface area contributed by atoms with Gasteiger partial charge in [0.1, 0.15) is 11.5 Å². The van der Waals surface area contributed by atoms with Crippen LogP contribution in [0.5, 0.6) is 11.5 Å². The number of amides is 1. The number of hydrogen-bond donors (Lipinski definition) is 2. The van der Waals surface area contributed by atoms with Gasteiger partial charge in [0.2, 0.25) is 0 Å². The Morgan fingerprint density at radius 1 is 1.11 bits per heavy atom. The van der Waals surface area contributed by atoms with Crippen molar-refractivity contribution in [2.45, 2.75) is 6.18 Å². The van der Waals surface area contributed by atoms with Crippen molar-refractivity contribution < 1.29 is 32.3 Å². The van der Waals surface area contributed by atoms with Gasteiger partial charge in [0.25, 0.3) is 5.91 Å². The molecule has 6 nitrogen and oxygen atoms in total. The Bertz CT molecular complexity index is 853. The summed E-state index contributed by atoms with van der Waals surface area (Å²) >= 11 is 0. The summed E-state index contributed by atoms with van der Waals surface area (Å²) in [7, 11) is 3.00. The van der Waals surface area contributed by atoms with Crippen LogP contribution in [0.1, 0.15) is 11.1 Å². The molecule has 0 aliphatic carbocycles. The lowest BCUT2D eigenvalue weighted by Crippen LogP contribution is -2.24. The number of nitrogens with one attached hydrogen (secondary N) is 2. The van der Waals surface area contributed by atoms with Crippen molar-refractivity contribution in [3.8, 4) is 11.5 Å². The second-order valence-corrected chi connectivity index (χ2v) is 5.56. The van der Waals surface area contributed by atoms with E-state index in [1.165, 1.54) is 26.4 Å². The van der Waals surface area contributed by atoms with Gasteiger partial charge in [0, 0.05) is 17.3 Å². The number of hydrogen-bond acceptors (Lipinski definition) is 5. The van der Waals surface area contributed by atoms with Crippen LogP contribution in [-0.2, 0) is 15.8 Å². The van der Waals surface area contributed by atoms with E-state index in [4.69, 9.17) is 14.3 Å². The zero-order chi connectivity index (χ0) is 20.7. The molecule has 0 spiro atoms. The molecule has 0 saturated heterocycles. The van der Waals surface area contributed by atoms with Crippen LogP contribution in [0.2, 0.25) is 0 Å². The molecular formula is C19H19F3N2O4. The van der Waals surface area contributed by atoms with Crippen LogP contribution in [-0.4, -0.2) is 26.7 Å². The molecule has 0 aromatic heterocycles. The van der Waals surface area contributed by atoms with Crippen LogP contribution in [0.3, 0.4) is 0 Å². The highest BCUT2D eigenvalue weighted by molar-refractivity contribution is 5.91. The fraction of sp³-hybridized carbons (Fsp3) is 0.211. The van der Waals surface area contributed by atoms with Crippen LogP contribution < -0.4 is 20.3 Å². The Hall–Kier alpha value is -3.20. The number of anilines is 1. The summed E-state index contributed by atoms with van der Waals surface area (Å²) in [6, 6.07) is 9.36. The van der Waals surface area contributed by atoms with Gasteiger partial charge in [-0.25, -0.2) is 0 Å². The molecule has 1 amide bonds. The summed E-state index contributed by atoms with van der Waals surface area (Å²) in [5.41, 5.74) is 2.57. The molecule has 28 heavy (non-hydrogen) atoms. The average Bonchev–Trinajstić information content (AvgIpc) is 2.66. The quantitative estimate of drug-likeness (QED) is 0.664. The summed E-state index contributed by atoms with van der Waals surface area (Å²) in [6.45, 7) is 3.34.